The maximum absolute atomic E-state index is 5.87. The summed E-state index contributed by atoms with van der Waals surface area (Å²) in [5.41, 5.74) is 1.78. The average molecular weight is 269 g/mol. The van der Waals surface area contributed by atoms with Crippen LogP contribution in [0.3, 0.4) is 0 Å². The van der Waals surface area contributed by atoms with Crippen LogP contribution in [0.15, 0.2) is 30.5 Å². The lowest BCUT2D eigenvalue weighted by molar-refractivity contribution is 0.468. The van der Waals surface area contributed by atoms with E-state index in [1.54, 1.807) is 6.20 Å². The third-order valence-corrected chi connectivity index (χ3v) is 2.81. The number of aromatic amines is 1. The molecule has 0 spiro atoms. The fourth-order valence-corrected chi connectivity index (χ4v) is 1.91. The van der Waals surface area contributed by atoms with Crippen molar-refractivity contribution in [3.8, 4) is 11.6 Å². The molecule has 0 radical (unpaired) electrons. The zero-order valence-electron chi connectivity index (χ0n) is 11.3. The van der Waals surface area contributed by atoms with Gasteiger partial charge in [-0.15, -0.1) is 0 Å². The molecule has 0 aliphatic heterocycles. The lowest BCUT2D eigenvalue weighted by Crippen LogP contribution is -2.03. The summed E-state index contributed by atoms with van der Waals surface area (Å²) >= 11 is 0. The van der Waals surface area contributed by atoms with E-state index in [9.17, 15) is 0 Å². The van der Waals surface area contributed by atoms with E-state index in [4.69, 9.17) is 4.74 Å². The Labute approximate surface area is 116 Å². The Morgan fingerprint density at radius 3 is 3.00 bits per heavy atom. The summed E-state index contributed by atoms with van der Waals surface area (Å²) in [6.07, 6.45) is 1.66. The van der Waals surface area contributed by atoms with Crippen molar-refractivity contribution in [1.82, 2.24) is 20.2 Å². The van der Waals surface area contributed by atoms with E-state index in [2.05, 4.69) is 25.5 Å². The summed E-state index contributed by atoms with van der Waals surface area (Å²) in [5, 5.41) is 10.7. The second-order valence-electron chi connectivity index (χ2n) is 4.43. The molecule has 0 aliphatic carbocycles. The molecule has 0 amide bonds. The summed E-state index contributed by atoms with van der Waals surface area (Å²) in [4.78, 5) is 8.71. The zero-order valence-corrected chi connectivity index (χ0v) is 11.3. The Bertz CT molecular complexity index is 737. The summed E-state index contributed by atoms with van der Waals surface area (Å²) in [6, 6.07) is 7.82. The highest BCUT2D eigenvalue weighted by molar-refractivity contribution is 5.80. The minimum Gasteiger partial charge on any atom is -0.438 e. The number of H-pyrrole nitrogens is 1. The van der Waals surface area contributed by atoms with E-state index < -0.39 is 0 Å². The topological polar surface area (TPSA) is 75.7 Å². The first kappa shape index (κ1) is 12.4. The van der Waals surface area contributed by atoms with Gasteiger partial charge in [-0.25, -0.2) is 0 Å². The van der Waals surface area contributed by atoms with Crippen LogP contribution in [0.2, 0.25) is 0 Å². The standard InChI is InChI=1S/C14H15N5O/c1-3-15-14-17-12-11(8-16-19-12)13(18-14)20-10-6-4-5-9(2)7-10/h4-8H,3H2,1-2H3,(H2,15,16,17,18,19). The highest BCUT2D eigenvalue weighted by Gasteiger charge is 2.11. The first-order valence-electron chi connectivity index (χ1n) is 6.46. The molecule has 0 saturated heterocycles. The highest BCUT2D eigenvalue weighted by Crippen LogP contribution is 2.27. The molecule has 3 rings (SSSR count). The molecule has 2 aromatic heterocycles. The molecule has 6 nitrogen and oxygen atoms in total. The number of benzene rings is 1. The predicted octanol–water partition coefficient (Wildman–Crippen LogP) is 2.89. The van der Waals surface area contributed by atoms with Gasteiger partial charge in [0.25, 0.3) is 0 Å². The van der Waals surface area contributed by atoms with Crippen LogP contribution in [0, 0.1) is 6.92 Å². The van der Waals surface area contributed by atoms with Crippen LogP contribution >= 0.6 is 0 Å². The highest BCUT2D eigenvalue weighted by atomic mass is 16.5. The minimum atomic E-state index is 0.491. The van der Waals surface area contributed by atoms with Crippen LogP contribution in [-0.2, 0) is 0 Å². The Balaban J connectivity index is 2.02. The van der Waals surface area contributed by atoms with Gasteiger partial charge < -0.3 is 10.1 Å². The van der Waals surface area contributed by atoms with Gasteiger partial charge in [-0.05, 0) is 31.5 Å². The number of nitrogens with zero attached hydrogens (tertiary/aromatic N) is 3. The molecule has 0 unspecified atom stereocenters. The number of rotatable bonds is 4. The summed E-state index contributed by atoms with van der Waals surface area (Å²) in [7, 11) is 0. The van der Waals surface area contributed by atoms with Gasteiger partial charge in [0.15, 0.2) is 5.65 Å². The Hall–Kier alpha value is -2.63. The molecule has 2 N–H and O–H groups in total. The van der Waals surface area contributed by atoms with Crippen LogP contribution in [-0.4, -0.2) is 26.7 Å². The van der Waals surface area contributed by atoms with Crippen LogP contribution in [0.25, 0.3) is 11.0 Å². The molecule has 102 valence electrons. The molecule has 0 aliphatic rings. The van der Waals surface area contributed by atoms with Crippen LogP contribution in [0.1, 0.15) is 12.5 Å². The average Bonchev–Trinajstić information content (AvgIpc) is 2.87. The quantitative estimate of drug-likeness (QED) is 0.761. The molecular formula is C14H15N5O. The van der Waals surface area contributed by atoms with Crippen molar-refractivity contribution in [1.29, 1.82) is 0 Å². The minimum absolute atomic E-state index is 0.491. The van der Waals surface area contributed by atoms with Gasteiger partial charge in [0.1, 0.15) is 11.1 Å². The molecule has 1 aromatic carbocycles. The van der Waals surface area contributed by atoms with E-state index in [0.717, 1.165) is 23.2 Å². The fourth-order valence-electron chi connectivity index (χ4n) is 1.91. The number of ether oxygens (including phenoxy) is 1. The maximum Gasteiger partial charge on any atom is 0.235 e. The van der Waals surface area contributed by atoms with Crippen molar-refractivity contribution in [2.45, 2.75) is 13.8 Å². The molecular weight excluding hydrogens is 254 g/mol. The summed E-state index contributed by atoms with van der Waals surface area (Å²) < 4.78 is 5.87. The van der Waals surface area contributed by atoms with Gasteiger partial charge in [-0.1, -0.05) is 12.1 Å². The van der Waals surface area contributed by atoms with Gasteiger partial charge in [0.05, 0.1) is 6.20 Å². The molecule has 20 heavy (non-hydrogen) atoms. The van der Waals surface area contributed by atoms with E-state index in [1.807, 2.05) is 38.1 Å². The van der Waals surface area contributed by atoms with Crippen molar-refractivity contribution >= 4 is 17.0 Å². The monoisotopic (exact) mass is 269 g/mol. The van der Waals surface area contributed by atoms with E-state index in [-0.39, 0.29) is 0 Å². The SMILES string of the molecule is CCNc1nc(Oc2cccc(C)c2)c2cn[nH]c2n1. The van der Waals surface area contributed by atoms with E-state index >= 15 is 0 Å². The van der Waals surface area contributed by atoms with E-state index in [0.29, 0.717) is 17.5 Å². The van der Waals surface area contributed by atoms with Gasteiger partial charge in [0, 0.05) is 6.54 Å². The number of aromatic nitrogens is 4. The summed E-state index contributed by atoms with van der Waals surface area (Å²) in [5.74, 6) is 1.76. The van der Waals surface area contributed by atoms with Crippen LogP contribution in [0.5, 0.6) is 11.6 Å². The molecule has 3 aromatic rings. The Morgan fingerprint density at radius 2 is 2.20 bits per heavy atom. The van der Waals surface area contributed by atoms with Crippen molar-refractivity contribution in [2.75, 3.05) is 11.9 Å². The normalized spacial score (nSPS) is 10.7. The third-order valence-electron chi connectivity index (χ3n) is 2.81. The van der Waals surface area contributed by atoms with Crippen molar-refractivity contribution < 1.29 is 4.74 Å². The number of hydrogen-bond donors (Lipinski definition) is 2. The van der Waals surface area contributed by atoms with Gasteiger partial charge in [-0.2, -0.15) is 15.1 Å². The number of hydrogen-bond acceptors (Lipinski definition) is 5. The first-order valence-corrected chi connectivity index (χ1v) is 6.46. The number of anilines is 1. The maximum atomic E-state index is 5.87. The number of fused-ring (bicyclic) bond motifs is 1. The van der Waals surface area contributed by atoms with Gasteiger partial charge >= 0.3 is 0 Å². The summed E-state index contributed by atoms with van der Waals surface area (Å²) in [6.45, 7) is 4.75. The fraction of sp³-hybridized carbons (Fsp3) is 0.214. The van der Waals surface area contributed by atoms with Crippen molar-refractivity contribution in [2.24, 2.45) is 0 Å². The van der Waals surface area contributed by atoms with Crippen LogP contribution in [0.4, 0.5) is 5.95 Å². The Kier molecular flexibility index (Phi) is 3.20. The molecule has 2 heterocycles. The second-order valence-corrected chi connectivity index (χ2v) is 4.43. The van der Waals surface area contributed by atoms with Gasteiger partial charge in [-0.3, -0.25) is 5.10 Å². The lowest BCUT2D eigenvalue weighted by atomic mass is 10.2. The van der Waals surface area contributed by atoms with Crippen molar-refractivity contribution in [3.05, 3.63) is 36.0 Å². The second kappa shape index (κ2) is 5.16. The smallest absolute Gasteiger partial charge is 0.235 e. The zero-order chi connectivity index (χ0) is 13.9. The van der Waals surface area contributed by atoms with E-state index in [1.165, 1.54) is 0 Å². The largest absolute Gasteiger partial charge is 0.438 e. The molecule has 6 heteroatoms. The van der Waals surface area contributed by atoms with Crippen LogP contribution < -0.4 is 10.1 Å². The Morgan fingerprint density at radius 1 is 1.30 bits per heavy atom. The first-order chi connectivity index (χ1) is 9.76. The van der Waals surface area contributed by atoms with Crippen molar-refractivity contribution in [3.63, 3.8) is 0 Å². The molecule has 0 bridgehead atoms. The third kappa shape index (κ3) is 2.40. The molecule has 0 atom stereocenters. The molecule has 0 saturated carbocycles. The van der Waals surface area contributed by atoms with Gasteiger partial charge in [0.2, 0.25) is 11.8 Å². The molecule has 0 fully saturated rings. The number of aryl methyl sites for hydroxylation is 1. The lowest BCUT2D eigenvalue weighted by Gasteiger charge is -2.08. The number of nitrogens with one attached hydrogen (secondary N) is 2. The predicted molar refractivity (Wildman–Crippen MR) is 77.1 cm³/mol.